The van der Waals surface area contributed by atoms with Crippen molar-refractivity contribution in [3.8, 4) is 11.6 Å². The summed E-state index contributed by atoms with van der Waals surface area (Å²) in [6.45, 7) is 5.55. The van der Waals surface area contributed by atoms with Crippen LogP contribution < -0.4 is 9.64 Å². The maximum Gasteiger partial charge on any atom is 0.227 e. The molecule has 8 heteroatoms. The summed E-state index contributed by atoms with van der Waals surface area (Å²) in [7, 11) is 0. The third kappa shape index (κ3) is 5.01. The molecule has 1 saturated heterocycles. The topological polar surface area (TPSA) is 58.6 Å². The lowest BCUT2D eigenvalue weighted by molar-refractivity contribution is -0.132. The number of nitrogens with zero attached hydrogens (tertiary/aromatic N) is 4. The van der Waals surface area contributed by atoms with Crippen molar-refractivity contribution in [1.29, 1.82) is 0 Å². The fourth-order valence-corrected chi connectivity index (χ4v) is 3.81. The van der Waals surface area contributed by atoms with E-state index in [1.807, 2.05) is 11.8 Å². The Morgan fingerprint density at radius 1 is 1.06 bits per heavy atom. The zero-order chi connectivity index (χ0) is 22.7. The van der Waals surface area contributed by atoms with Crippen molar-refractivity contribution >= 4 is 11.7 Å². The molecule has 4 rings (SSSR count). The highest BCUT2D eigenvalue weighted by molar-refractivity contribution is 5.79. The largest absolute Gasteiger partial charge is 0.439 e. The number of hydrogen-bond donors (Lipinski definition) is 0. The van der Waals surface area contributed by atoms with Gasteiger partial charge in [0.1, 0.15) is 29.5 Å². The van der Waals surface area contributed by atoms with Gasteiger partial charge in [-0.05, 0) is 55.3 Å². The molecule has 2 heterocycles. The van der Waals surface area contributed by atoms with Crippen molar-refractivity contribution in [2.75, 3.05) is 24.5 Å². The Balaban J connectivity index is 1.40. The Kier molecular flexibility index (Phi) is 6.30. The molecule has 0 saturated carbocycles. The first-order valence-electron chi connectivity index (χ1n) is 10.4. The van der Waals surface area contributed by atoms with Crippen molar-refractivity contribution < 1.29 is 18.3 Å². The SMILES string of the molecule is Cc1cc(F)ccc1Oc1cc(N2CCN(C(=O)Cc3ccc(F)cc3)[C@@H](C)C2)ncn1. The van der Waals surface area contributed by atoms with Gasteiger partial charge < -0.3 is 14.5 Å². The van der Waals surface area contributed by atoms with Gasteiger partial charge in [0.05, 0.1) is 6.42 Å². The first-order chi connectivity index (χ1) is 15.4. The normalized spacial score (nSPS) is 16.2. The zero-order valence-electron chi connectivity index (χ0n) is 18.0. The van der Waals surface area contributed by atoms with Crippen LogP contribution in [0.1, 0.15) is 18.1 Å². The van der Waals surface area contributed by atoms with Gasteiger partial charge in [0, 0.05) is 31.7 Å². The van der Waals surface area contributed by atoms with E-state index in [1.54, 1.807) is 31.2 Å². The monoisotopic (exact) mass is 438 g/mol. The van der Waals surface area contributed by atoms with Crippen molar-refractivity contribution in [2.45, 2.75) is 26.3 Å². The summed E-state index contributed by atoms with van der Waals surface area (Å²) in [5.41, 5.74) is 1.46. The smallest absolute Gasteiger partial charge is 0.227 e. The lowest BCUT2D eigenvalue weighted by atomic mass is 10.1. The van der Waals surface area contributed by atoms with Gasteiger partial charge in [0.2, 0.25) is 11.8 Å². The van der Waals surface area contributed by atoms with Crippen LogP contribution in [0.3, 0.4) is 0 Å². The molecule has 0 N–H and O–H groups in total. The number of aryl methyl sites for hydroxylation is 1. The number of halogens is 2. The van der Waals surface area contributed by atoms with Crippen LogP contribution in [0.4, 0.5) is 14.6 Å². The van der Waals surface area contributed by atoms with Crippen LogP contribution in [-0.4, -0.2) is 46.5 Å². The second-order valence-electron chi connectivity index (χ2n) is 7.91. The molecule has 6 nitrogen and oxygen atoms in total. The Hall–Kier alpha value is -3.55. The standard InChI is InChI=1S/C24H24F2N4O2/c1-16-11-20(26)7-8-21(16)32-23-13-22(27-15-28-23)29-9-10-30(17(2)14-29)24(31)12-18-3-5-19(25)6-4-18/h3-8,11,13,15,17H,9-10,12,14H2,1-2H3/t17-/m0/s1. The summed E-state index contributed by atoms with van der Waals surface area (Å²) < 4.78 is 32.2. The van der Waals surface area contributed by atoms with Gasteiger partial charge in [-0.25, -0.2) is 18.7 Å². The number of carbonyl (C=O) groups is 1. The number of rotatable bonds is 5. The maximum atomic E-state index is 13.3. The van der Waals surface area contributed by atoms with Gasteiger partial charge in [0.25, 0.3) is 0 Å². The summed E-state index contributed by atoms with van der Waals surface area (Å²) in [4.78, 5) is 25.2. The quantitative estimate of drug-likeness (QED) is 0.599. The predicted octanol–water partition coefficient (Wildman–Crippen LogP) is 4.14. The van der Waals surface area contributed by atoms with Gasteiger partial charge >= 0.3 is 0 Å². The first kappa shape index (κ1) is 21.7. The second-order valence-corrected chi connectivity index (χ2v) is 7.91. The molecule has 0 aliphatic carbocycles. The summed E-state index contributed by atoms with van der Waals surface area (Å²) in [5.74, 6) is 0.979. The highest BCUT2D eigenvalue weighted by Crippen LogP contribution is 2.27. The van der Waals surface area contributed by atoms with Crippen molar-refractivity contribution in [1.82, 2.24) is 14.9 Å². The summed E-state index contributed by atoms with van der Waals surface area (Å²) >= 11 is 0. The molecule has 0 unspecified atom stereocenters. The lowest BCUT2D eigenvalue weighted by Gasteiger charge is -2.40. The fraction of sp³-hybridized carbons (Fsp3) is 0.292. The Bertz CT molecular complexity index is 1110. The molecule has 0 bridgehead atoms. The average Bonchev–Trinajstić information content (AvgIpc) is 2.77. The highest BCUT2D eigenvalue weighted by Gasteiger charge is 2.28. The molecule has 1 atom stereocenters. The first-order valence-corrected chi connectivity index (χ1v) is 10.4. The molecule has 1 aliphatic heterocycles. The van der Waals surface area contributed by atoms with Crippen LogP contribution in [0.5, 0.6) is 11.6 Å². The summed E-state index contributed by atoms with van der Waals surface area (Å²) in [5, 5.41) is 0. The molecule has 1 aromatic heterocycles. The second kappa shape index (κ2) is 9.30. The highest BCUT2D eigenvalue weighted by atomic mass is 19.1. The van der Waals surface area contributed by atoms with Crippen molar-refractivity contribution in [3.63, 3.8) is 0 Å². The zero-order valence-corrected chi connectivity index (χ0v) is 18.0. The molecule has 1 amide bonds. The number of piperazine rings is 1. The minimum absolute atomic E-state index is 0.0160. The average molecular weight is 438 g/mol. The van der Waals surface area contributed by atoms with Crippen LogP contribution in [0, 0.1) is 18.6 Å². The molecule has 166 valence electrons. The number of anilines is 1. The van der Waals surface area contributed by atoms with Crippen molar-refractivity contribution in [2.24, 2.45) is 0 Å². The van der Waals surface area contributed by atoms with Crippen LogP contribution in [0.2, 0.25) is 0 Å². The summed E-state index contributed by atoms with van der Waals surface area (Å²) in [6.07, 6.45) is 1.67. The fourth-order valence-electron chi connectivity index (χ4n) is 3.81. The van der Waals surface area contributed by atoms with Crippen LogP contribution >= 0.6 is 0 Å². The Labute approximate surface area is 185 Å². The molecule has 0 spiro atoms. The number of aromatic nitrogens is 2. The van der Waals surface area contributed by atoms with Gasteiger partial charge in [-0.1, -0.05) is 12.1 Å². The van der Waals surface area contributed by atoms with Gasteiger partial charge in [-0.15, -0.1) is 0 Å². The third-order valence-electron chi connectivity index (χ3n) is 5.52. The molecule has 1 aliphatic rings. The molecular weight excluding hydrogens is 414 g/mol. The maximum absolute atomic E-state index is 13.3. The van der Waals surface area contributed by atoms with Gasteiger partial charge in [0.15, 0.2) is 0 Å². The number of amides is 1. The van der Waals surface area contributed by atoms with E-state index in [0.717, 1.165) is 5.56 Å². The summed E-state index contributed by atoms with van der Waals surface area (Å²) in [6, 6.07) is 12.0. The number of carbonyl (C=O) groups excluding carboxylic acids is 1. The van der Waals surface area contributed by atoms with Crippen LogP contribution in [0.25, 0.3) is 0 Å². The van der Waals surface area contributed by atoms with E-state index in [1.165, 1.54) is 30.6 Å². The minimum atomic E-state index is -0.320. The lowest BCUT2D eigenvalue weighted by Crippen LogP contribution is -2.54. The number of benzene rings is 2. The van der Waals surface area contributed by atoms with E-state index in [-0.39, 0.29) is 30.0 Å². The molecule has 2 aromatic carbocycles. The van der Waals surface area contributed by atoms with Crippen molar-refractivity contribution in [3.05, 3.63) is 77.6 Å². The van der Waals surface area contributed by atoms with E-state index in [9.17, 15) is 13.6 Å². The molecular formula is C24H24F2N4O2. The molecule has 3 aromatic rings. The van der Waals surface area contributed by atoms with Gasteiger partial charge in [-0.2, -0.15) is 0 Å². The van der Waals surface area contributed by atoms with E-state index >= 15 is 0 Å². The van der Waals surface area contributed by atoms with E-state index < -0.39 is 0 Å². The van der Waals surface area contributed by atoms with Gasteiger partial charge in [-0.3, -0.25) is 4.79 Å². The number of hydrogen-bond acceptors (Lipinski definition) is 5. The third-order valence-corrected chi connectivity index (χ3v) is 5.52. The van der Waals surface area contributed by atoms with Crippen LogP contribution in [-0.2, 0) is 11.2 Å². The molecule has 0 radical (unpaired) electrons. The Morgan fingerprint density at radius 2 is 1.81 bits per heavy atom. The predicted molar refractivity (Wildman–Crippen MR) is 117 cm³/mol. The Morgan fingerprint density at radius 3 is 2.53 bits per heavy atom. The van der Waals surface area contributed by atoms with E-state index in [4.69, 9.17) is 4.74 Å². The molecule has 32 heavy (non-hydrogen) atoms. The van der Waals surface area contributed by atoms with E-state index in [2.05, 4.69) is 14.9 Å². The minimum Gasteiger partial charge on any atom is -0.439 e. The van der Waals surface area contributed by atoms with Crippen LogP contribution in [0.15, 0.2) is 54.9 Å². The van der Waals surface area contributed by atoms with E-state index in [0.29, 0.717) is 42.6 Å². The molecule has 1 fully saturated rings. The number of ether oxygens (including phenoxy) is 1.